The number of rotatable bonds is 9. The van der Waals surface area contributed by atoms with Gasteiger partial charge in [0.2, 0.25) is 0 Å². The molecule has 31 heavy (non-hydrogen) atoms. The van der Waals surface area contributed by atoms with Crippen LogP contribution in [0, 0.1) is 15.9 Å². The minimum atomic E-state index is -0.438. The van der Waals surface area contributed by atoms with E-state index in [0.717, 1.165) is 11.1 Å². The van der Waals surface area contributed by atoms with Gasteiger partial charge in [-0.25, -0.2) is 4.39 Å². The van der Waals surface area contributed by atoms with E-state index in [-0.39, 0.29) is 29.2 Å². The van der Waals surface area contributed by atoms with Gasteiger partial charge in [-0.3, -0.25) is 19.8 Å². The Labute approximate surface area is 179 Å². The molecule has 0 aliphatic rings. The number of benzene rings is 2. The number of halogens is 1. The van der Waals surface area contributed by atoms with Crippen molar-refractivity contribution >= 4 is 11.6 Å². The average molecular weight is 425 g/mol. The van der Waals surface area contributed by atoms with Crippen molar-refractivity contribution in [1.82, 2.24) is 10.2 Å². The van der Waals surface area contributed by atoms with Gasteiger partial charge in [-0.05, 0) is 49.2 Å². The summed E-state index contributed by atoms with van der Waals surface area (Å²) in [4.78, 5) is 24.8. The number of furan rings is 1. The summed E-state index contributed by atoms with van der Waals surface area (Å²) in [6.07, 6.45) is 0. The van der Waals surface area contributed by atoms with Gasteiger partial charge in [0.15, 0.2) is 5.76 Å². The fourth-order valence-electron chi connectivity index (χ4n) is 3.23. The molecule has 0 atom stereocenters. The van der Waals surface area contributed by atoms with E-state index in [4.69, 9.17) is 4.42 Å². The Bertz CT molecular complexity index is 1060. The topological polar surface area (TPSA) is 88.6 Å². The van der Waals surface area contributed by atoms with Gasteiger partial charge >= 0.3 is 0 Å². The summed E-state index contributed by atoms with van der Waals surface area (Å²) in [5, 5.41) is 13.9. The number of carbonyl (C=O) groups excluding carboxylic acids is 1. The SMILES string of the molecule is CC(C)NC(=O)c1ccc(CN(Cc2cccc(F)c2)Cc2cccc([N+](=O)[O-])c2)o1. The lowest BCUT2D eigenvalue weighted by Gasteiger charge is -2.21. The van der Waals surface area contributed by atoms with Gasteiger partial charge in [0.05, 0.1) is 11.5 Å². The molecule has 2 aromatic carbocycles. The van der Waals surface area contributed by atoms with Crippen molar-refractivity contribution < 1.29 is 18.5 Å². The van der Waals surface area contributed by atoms with Crippen molar-refractivity contribution in [3.63, 3.8) is 0 Å². The Morgan fingerprint density at radius 1 is 1.06 bits per heavy atom. The lowest BCUT2D eigenvalue weighted by Crippen LogP contribution is -2.29. The summed E-state index contributed by atoms with van der Waals surface area (Å²) in [7, 11) is 0. The first-order chi connectivity index (χ1) is 14.8. The second-order valence-corrected chi connectivity index (χ2v) is 7.60. The van der Waals surface area contributed by atoms with Gasteiger partial charge in [0, 0.05) is 31.3 Å². The molecule has 0 bridgehead atoms. The van der Waals surface area contributed by atoms with Crippen LogP contribution in [-0.4, -0.2) is 21.8 Å². The van der Waals surface area contributed by atoms with Crippen LogP contribution in [-0.2, 0) is 19.6 Å². The van der Waals surface area contributed by atoms with Crippen molar-refractivity contribution in [3.05, 3.63) is 99.2 Å². The van der Waals surface area contributed by atoms with Crippen LogP contribution in [0.5, 0.6) is 0 Å². The highest BCUT2D eigenvalue weighted by Gasteiger charge is 2.16. The number of hydrogen-bond acceptors (Lipinski definition) is 5. The maximum atomic E-state index is 13.7. The zero-order valence-corrected chi connectivity index (χ0v) is 17.4. The van der Waals surface area contributed by atoms with Crippen LogP contribution < -0.4 is 5.32 Å². The minimum absolute atomic E-state index is 0.00819. The van der Waals surface area contributed by atoms with Crippen LogP contribution in [0.25, 0.3) is 0 Å². The van der Waals surface area contributed by atoms with E-state index in [0.29, 0.717) is 25.4 Å². The summed E-state index contributed by atoms with van der Waals surface area (Å²) in [6, 6.07) is 16.0. The molecule has 1 N–H and O–H groups in total. The number of nitrogens with one attached hydrogen (secondary N) is 1. The number of amides is 1. The van der Waals surface area contributed by atoms with Gasteiger partial charge in [0.25, 0.3) is 11.6 Å². The first-order valence-electron chi connectivity index (χ1n) is 9.90. The van der Waals surface area contributed by atoms with Gasteiger partial charge in [0.1, 0.15) is 11.6 Å². The fourth-order valence-corrected chi connectivity index (χ4v) is 3.23. The number of carbonyl (C=O) groups is 1. The predicted octanol–water partition coefficient (Wildman–Crippen LogP) is 4.67. The summed E-state index contributed by atoms with van der Waals surface area (Å²) < 4.78 is 19.4. The Hall–Kier alpha value is -3.52. The van der Waals surface area contributed by atoms with Crippen molar-refractivity contribution in [2.24, 2.45) is 0 Å². The third kappa shape index (κ3) is 6.48. The Balaban J connectivity index is 1.80. The second kappa shape index (κ2) is 9.99. The molecule has 1 heterocycles. The molecule has 3 rings (SSSR count). The van der Waals surface area contributed by atoms with Crippen LogP contribution in [0.15, 0.2) is 65.1 Å². The molecule has 0 spiro atoms. The molecule has 0 saturated heterocycles. The largest absolute Gasteiger partial charge is 0.455 e. The summed E-state index contributed by atoms with van der Waals surface area (Å²) >= 11 is 0. The Kier molecular flexibility index (Phi) is 7.15. The van der Waals surface area contributed by atoms with Crippen LogP contribution >= 0.6 is 0 Å². The highest BCUT2D eigenvalue weighted by molar-refractivity contribution is 5.91. The second-order valence-electron chi connectivity index (χ2n) is 7.60. The van der Waals surface area contributed by atoms with Crippen molar-refractivity contribution in [3.8, 4) is 0 Å². The monoisotopic (exact) mass is 425 g/mol. The molecule has 0 aliphatic heterocycles. The molecule has 3 aromatic rings. The van der Waals surface area contributed by atoms with Gasteiger partial charge < -0.3 is 9.73 Å². The number of nitrogens with zero attached hydrogens (tertiary/aromatic N) is 2. The fraction of sp³-hybridized carbons (Fsp3) is 0.261. The molecular formula is C23H24FN3O4. The van der Waals surface area contributed by atoms with Crippen LogP contribution in [0.4, 0.5) is 10.1 Å². The van der Waals surface area contributed by atoms with E-state index >= 15 is 0 Å². The highest BCUT2D eigenvalue weighted by atomic mass is 19.1. The zero-order chi connectivity index (χ0) is 22.4. The maximum absolute atomic E-state index is 13.7. The van der Waals surface area contributed by atoms with E-state index < -0.39 is 4.92 Å². The minimum Gasteiger partial charge on any atom is -0.455 e. The van der Waals surface area contributed by atoms with E-state index in [2.05, 4.69) is 5.32 Å². The van der Waals surface area contributed by atoms with E-state index in [1.165, 1.54) is 24.3 Å². The van der Waals surface area contributed by atoms with E-state index in [9.17, 15) is 19.3 Å². The normalized spacial score (nSPS) is 11.1. The molecule has 8 heteroatoms. The number of nitro benzene ring substituents is 1. The van der Waals surface area contributed by atoms with Crippen LogP contribution in [0.1, 0.15) is 41.3 Å². The molecule has 0 unspecified atom stereocenters. The number of nitro groups is 1. The van der Waals surface area contributed by atoms with Crippen molar-refractivity contribution in [2.75, 3.05) is 0 Å². The molecule has 7 nitrogen and oxygen atoms in total. The lowest BCUT2D eigenvalue weighted by molar-refractivity contribution is -0.384. The smallest absolute Gasteiger partial charge is 0.287 e. The van der Waals surface area contributed by atoms with Crippen molar-refractivity contribution in [1.29, 1.82) is 0 Å². The molecule has 1 aromatic heterocycles. The number of non-ortho nitro benzene ring substituents is 1. The molecular weight excluding hydrogens is 401 g/mol. The standard InChI is InChI=1S/C23H24FN3O4/c1-16(2)25-23(28)22-10-9-21(31-22)15-26(13-17-5-3-7-19(24)11-17)14-18-6-4-8-20(12-18)27(29)30/h3-12,16H,13-15H2,1-2H3,(H,25,28). The summed E-state index contributed by atoms with van der Waals surface area (Å²) in [5.74, 6) is 0.149. The molecule has 162 valence electrons. The third-order valence-corrected chi connectivity index (χ3v) is 4.51. The highest BCUT2D eigenvalue weighted by Crippen LogP contribution is 2.19. The first kappa shape index (κ1) is 22.2. The molecule has 0 radical (unpaired) electrons. The third-order valence-electron chi connectivity index (χ3n) is 4.51. The predicted molar refractivity (Wildman–Crippen MR) is 114 cm³/mol. The zero-order valence-electron chi connectivity index (χ0n) is 17.4. The molecule has 0 aliphatic carbocycles. The van der Waals surface area contributed by atoms with Gasteiger partial charge in [-0.1, -0.05) is 24.3 Å². The Morgan fingerprint density at radius 2 is 1.74 bits per heavy atom. The summed E-state index contributed by atoms with van der Waals surface area (Å²) in [6.45, 7) is 4.85. The van der Waals surface area contributed by atoms with Gasteiger partial charge in [-0.2, -0.15) is 0 Å². The molecule has 1 amide bonds. The van der Waals surface area contributed by atoms with E-state index in [1.54, 1.807) is 30.3 Å². The average Bonchev–Trinajstić information content (AvgIpc) is 3.16. The van der Waals surface area contributed by atoms with Crippen LogP contribution in [0.3, 0.4) is 0 Å². The molecule has 0 fully saturated rings. The molecule has 0 saturated carbocycles. The van der Waals surface area contributed by atoms with E-state index in [1.807, 2.05) is 24.8 Å². The first-order valence-corrected chi connectivity index (χ1v) is 9.90. The number of hydrogen-bond donors (Lipinski definition) is 1. The van der Waals surface area contributed by atoms with Crippen molar-refractivity contribution in [2.45, 2.75) is 39.5 Å². The summed E-state index contributed by atoms with van der Waals surface area (Å²) in [5.41, 5.74) is 1.51. The lowest BCUT2D eigenvalue weighted by atomic mass is 10.1. The van der Waals surface area contributed by atoms with Crippen LogP contribution in [0.2, 0.25) is 0 Å². The quantitative estimate of drug-likeness (QED) is 0.398. The maximum Gasteiger partial charge on any atom is 0.287 e. The van der Waals surface area contributed by atoms with Gasteiger partial charge in [-0.15, -0.1) is 0 Å². The Morgan fingerprint density at radius 3 is 2.39 bits per heavy atom.